The molecule has 80 valence electrons. The zero-order chi connectivity index (χ0) is 9.80. The predicted octanol–water partition coefficient (Wildman–Crippen LogP) is 1.96. The summed E-state index contributed by atoms with van der Waals surface area (Å²) in [6.07, 6.45) is 7.45. The van der Waals surface area contributed by atoms with Gasteiger partial charge in [0, 0.05) is 24.2 Å². The van der Waals surface area contributed by atoms with Gasteiger partial charge in [0.2, 0.25) is 0 Å². The molecule has 3 heteroatoms. The lowest BCUT2D eigenvalue weighted by Crippen LogP contribution is -2.43. The fourth-order valence-electron chi connectivity index (χ4n) is 2.75. The minimum atomic E-state index is 0.737. The van der Waals surface area contributed by atoms with E-state index in [0.717, 1.165) is 18.6 Å². The Bertz CT molecular complexity index is 199. The van der Waals surface area contributed by atoms with Crippen LogP contribution in [0.2, 0.25) is 0 Å². The van der Waals surface area contributed by atoms with Crippen molar-refractivity contribution < 1.29 is 0 Å². The fraction of sp³-hybridized carbons (Fsp3) is 0.818. The summed E-state index contributed by atoms with van der Waals surface area (Å²) in [6.45, 7) is 3.47. The SMILES string of the molecule is ClC=CCN1CCCC1C1CCCN1. The van der Waals surface area contributed by atoms with Gasteiger partial charge in [0.05, 0.1) is 0 Å². The maximum atomic E-state index is 5.56. The van der Waals surface area contributed by atoms with Crippen LogP contribution in [0.25, 0.3) is 0 Å². The molecule has 0 spiro atoms. The van der Waals surface area contributed by atoms with Gasteiger partial charge in [0.25, 0.3) is 0 Å². The molecule has 0 bridgehead atoms. The third-order valence-electron chi connectivity index (χ3n) is 3.41. The molecule has 2 aliphatic rings. The maximum absolute atomic E-state index is 5.56. The summed E-state index contributed by atoms with van der Waals surface area (Å²) < 4.78 is 0. The fourth-order valence-corrected chi connectivity index (χ4v) is 2.83. The van der Waals surface area contributed by atoms with Crippen LogP contribution in [-0.2, 0) is 0 Å². The quantitative estimate of drug-likeness (QED) is 0.773. The Morgan fingerprint density at radius 3 is 3.00 bits per heavy atom. The van der Waals surface area contributed by atoms with Crippen molar-refractivity contribution in [3.8, 4) is 0 Å². The van der Waals surface area contributed by atoms with Crippen molar-refractivity contribution in [2.45, 2.75) is 37.8 Å². The Hall–Kier alpha value is -0.0500. The summed E-state index contributed by atoms with van der Waals surface area (Å²) in [5, 5.41) is 3.61. The van der Waals surface area contributed by atoms with E-state index in [4.69, 9.17) is 11.6 Å². The van der Waals surface area contributed by atoms with Crippen LogP contribution < -0.4 is 5.32 Å². The molecule has 2 rings (SSSR count). The zero-order valence-electron chi connectivity index (χ0n) is 8.58. The van der Waals surface area contributed by atoms with Gasteiger partial charge < -0.3 is 5.32 Å². The summed E-state index contributed by atoms with van der Waals surface area (Å²) in [5.74, 6) is 0. The summed E-state index contributed by atoms with van der Waals surface area (Å²) >= 11 is 5.56. The number of likely N-dealkylation sites (tertiary alicyclic amines) is 1. The second-order valence-electron chi connectivity index (χ2n) is 4.27. The Morgan fingerprint density at radius 2 is 2.29 bits per heavy atom. The van der Waals surface area contributed by atoms with E-state index in [1.807, 2.05) is 0 Å². The number of hydrogen-bond acceptors (Lipinski definition) is 2. The molecule has 0 aliphatic carbocycles. The second kappa shape index (κ2) is 5.15. The molecule has 0 aromatic rings. The van der Waals surface area contributed by atoms with Crippen LogP contribution in [0.15, 0.2) is 11.6 Å². The first-order valence-electron chi connectivity index (χ1n) is 5.64. The highest BCUT2D eigenvalue weighted by Gasteiger charge is 2.32. The molecule has 2 saturated heterocycles. The molecule has 0 saturated carbocycles. The van der Waals surface area contributed by atoms with Crippen molar-refractivity contribution >= 4 is 11.6 Å². The number of nitrogens with one attached hydrogen (secondary N) is 1. The normalized spacial score (nSPS) is 34.6. The van der Waals surface area contributed by atoms with Crippen LogP contribution in [0, 0.1) is 0 Å². The lowest BCUT2D eigenvalue weighted by molar-refractivity contribution is 0.235. The monoisotopic (exact) mass is 214 g/mol. The van der Waals surface area contributed by atoms with Crippen molar-refractivity contribution in [2.24, 2.45) is 0 Å². The van der Waals surface area contributed by atoms with Gasteiger partial charge in [0.1, 0.15) is 0 Å². The minimum absolute atomic E-state index is 0.737. The van der Waals surface area contributed by atoms with Gasteiger partial charge in [-0.15, -0.1) is 0 Å². The highest BCUT2D eigenvalue weighted by Crippen LogP contribution is 2.24. The molecule has 0 amide bonds. The van der Waals surface area contributed by atoms with Crippen molar-refractivity contribution in [1.82, 2.24) is 10.2 Å². The van der Waals surface area contributed by atoms with E-state index in [2.05, 4.69) is 16.3 Å². The second-order valence-corrected chi connectivity index (χ2v) is 4.52. The number of halogens is 1. The highest BCUT2D eigenvalue weighted by atomic mass is 35.5. The summed E-state index contributed by atoms with van der Waals surface area (Å²) in [4.78, 5) is 2.56. The predicted molar refractivity (Wildman–Crippen MR) is 60.6 cm³/mol. The van der Waals surface area contributed by atoms with E-state index < -0.39 is 0 Å². The lowest BCUT2D eigenvalue weighted by Gasteiger charge is -2.28. The Balaban J connectivity index is 1.88. The molecule has 1 N–H and O–H groups in total. The molecule has 14 heavy (non-hydrogen) atoms. The Morgan fingerprint density at radius 1 is 1.36 bits per heavy atom. The third-order valence-corrected chi connectivity index (χ3v) is 3.58. The number of rotatable bonds is 3. The van der Waals surface area contributed by atoms with E-state index in [1.165, 1.54) is 38.8 Å². The molecular formula is C11H19ClN2. The van der Waals surface area contributed by atoms with E-state index >= 15 is 0 Å². The number of nitrogens with zero attached hydrogens (tertiary/aromatic N) is 1. The molecule has 2 unspecified atom stereocenters. The molecule has 2 nitrogen and oxygen atoms in total. The molecule has 0 aromatic heterocycles. The van der Waals surface area contributed by atoms with Crippen LogP contribution in [0.1, 0.15) is 25.7 Å². The average Bonchev–Trinajstić information content (AvgIpc) is 2.84. The largest absolute Gasteiger partial charge is 0.312 e. The van der Waals surface area contributed by atoms with Gasteiger partial charge in [-0.05, 0) is 38.8 Å². The zero-order valence-corrected chi connectivity index (χ0v) is 9.34. The van der Waals surface area contributed by atoms with Gasteiger partial charge in [-0.3, -0.25) is 4.90 Å². The lowest BCUT2D eigenvalue weighted by atomic mass is 10.0. The number of hydrogen-bond donors (Lipinski definition) is 1. The van der Waals surface area contributed by atoms with E-state index in [-0.39, 0.29) is 0 Å². The molecule has 2 atom stereocenters. The average molecular weight is 215 g/mol. The Kier molecular flexibility index (Phi) is 3.85. The first kappa shape index (κ1) is 10.5. The molecule has 2 heterocycles. The van der Waals surface area contributed by atoms with Crippen molar-refractivity contribution in [1.29, 1.82) is 0 Å². The smallest absolute Gasteiger partial charge is 0.0253 e. The first-order valence-corrected chi connectivity index (χ1v) is 6.08. The van der Waals surface area contributed by atoms with E-state index in [0.29, 0.717) is 0 Å². The van der Waals surface area contributed by atoms with Gasteiger partial charge in [-0.1, -0.05) is 17.7 Å². The van der Waals surface area contributed by atoms with Crippen LogP contribution in [0.4, 0.5) is 0 Å². The van der Waals surface area contributed by atoms with Crippen LogP contribution in [0.5, 0.6) is 0 Å². The molecule has 2 fully saturated rings. The van der Waals surface area contributed by atoms with Crippen LogP contribution in [0.3, 0.4) is 0 Å². The molecule has 2 aliphatic heterocycles. The summed E-state index contributed by atoms with van der Waals surface area (Å²) in [6, 6.07) is 1.49. The van der Waals surface area contributed by atoms with E-state index in [9.17, 15) is 0 Å². The van der Waals surface area contributed by atoms with Gasteiger partial charge in [-0.2, -0.15) is 0 Å². The van der Waals surface area contributed by atoms with Crippen molar-refractivity contribution in [3.05, 3.63) is 11.6 Å². The van der Waals surface area contributed by atoms with Gasteiger partial charge in [-0.25, -0.2) is 0 Å². The third kappa shape index (κ3) is 2.30. The van der Waals surface area contributed by atoms with Gasteiger partial charge in [0.15, 0.2) is 0 Å². The molecule has 0 aromatic carbocycles. The minimum Gasteiger partial charge on any atom is -0.312 e. The Labute approximate surface area is 91.3 Å². The summed E-state index contributed by atoms with van der Waals surface area (Å²) in [7, 11) is 0. The van der Waals surface area contributed by atoms with Crippen LogP contribution >= 0.6 is 11.6 Å². The summed E-state index contributed by atoms with van der Waals surface area (Å²) in [5.41, 5.74) is 1.64. The van der Waals surface area contributed by atoms with Gasteiger partial charge >= 0.3 is 0 Å². The first-order chi connectivity index (χ1) is 6.92. The standard InChI is InChI=1S/C11H19ClN2/c12-6-3-9-14-8-2-5-11(14)10-4-1-7-13-10/h3,6,10-11,13H,1-2,4-5,7-9H2. The maximum Gasteiger partial charge on any atom is 0.0253 e. The highest BCUT2D eigenvalue weighted by molar-refractivity contribution is 6.25. The molecular weight excluding hydrogens is 196 g/mol. The van der Waals surface area contributed by atoms with Crippen LogP contribution in [-0.4, -0.2) is 36.6 Å². The topological polar surface area (TPSA) is 15.3 Å². The molecule has 0 radical (unpaired) electrons. The van der Waals surface area contributed by atoms with E-state index in [1.54, 1.807) is 5.54 Å². The van der Waals surface area contributed by atoms with Crippen molar-refractivity contribution in [3.63, 3.8) is 0 Å². The van der Waals surface area contributed by atoms with Crippen molar-refractivity contribution in [2.75, 3.05) is 19.6 Å².